The van der Waals surface area contributed by atoms with E-state index in [0.717, 1.165) is 51.3 Å². The maximum atomic E-state index is 5.78. The second kappa shape index (κ2) is 7.58. The monoisotopic (exact) mass is 337 g/mol. The van der Waals surface area contributed by atoms with E-state index < -0.39 is 0 Å². The van der Waals surface area contributed by atoms with Crippen LogP contribution in [-0.4, -0.2) is 86.4 Å². The summed E-state index contributed by atoms with van der Waals surface area (Å²) in [6, 6.07) is 1.37. The Morgan fingerprint density at radius 2 is 2.08 bits per heavy atom. The standard InChI is InChI=1S/C18H35N5O/c1-14-11-23(15-5-6-15)12-16(14)21-17(19-4)20-7-8-22-9-10-24-18(2,3)13-22/h14-16H,5-13H2,1-4H3,(H2,19,20,21). The molecule has 0 spiro atoms. The molecule has 2 N–H and O–H groups in total. The molecule has 0 aromatic carbocycles. The minimum absolute atomic E-state index is 0.0241. The van der Waals surface area contributed by atoms with Gasteiger partial charge >= 0.3 is 0 Å². The average molecular weight is 338 g/mol. The van der Waals surface area contributed by atoms with Gasteiger partial charge in [0.1, 0.15) is 0 Å². The van der Waals surface area contributed by atoms with Gasteiger partial charge in [0, 0.05) is 58.4 Å². The first kappa shape index (κ1) is 18.0. The highest BCUT2D eigenvalue weighted by molar-refractivity contribution is 5.80. The van der Waals surface area contributed by atoms with Crippen LogP contribution in [0.3, 0.4) is 0 Å². The maximum Gasteiger partial charge on any atom is 0.191 e. The number of hydrogen-bond acceptors (Lipinski definition) is 4. The van der Waals surface area contributed by atoms with Gasteiger partial charge in [-0.1, -0.05) is 6.92 Å². The highest BCUT2D eigenvalue weighted by atomic mass is 16.5. The number of hydrogen-bond donors (Lipinski definition) is 2. The molecule has 24 heavy (non-hydrogen) atoms. The highest BCUT2D eigenvalue weighted by Gasteiger charge is 2.38. The van der Waals surface area contributed by atoms with Crippen LogP contribution in [0.1, 0.15) is 33.6 Å². The third kappa shape index (κ3) is 4.83. The Bertz CT molecular complexity index is 449. The largest absolute Gasteiger partial charge is 0.373 e. The molecule has 3 aliphatic rings. The molecule has 2 heterocycles. The number of nitrogens with one attached hydrogen (secondary N) is 2. The lowest BCUT2D eigenvalue weighted by Gasteiger charge is -2.38. The lowest BCUT2D eigenvalue weighted by molar-refractivity contribution is -0.0852. The van der Waals surface area contributed by atoms with E-state index in [1.54, 1.807) is 0 Å². The van der Waals surface area contributed by atoms with E-state index >= 15 is 0 Å². The summed E-state index contributed by atoms with van der Waals surface area (Å²) in [4.78, 5) is 9.53. The SMILES string of the molecule is CN=C(NCCN1CCOC(C)(C)C1)NC1CN(C2CC2)CC1C. The summed E-state index contributed by atoms with van der Waals surface area (Å²) in [5.74, 6) is 1.63. The van der Waals surface area contributed by atoms with Crippen molar-refractivity contribution in [3.05, 3.63) is 0 Å². The van der Waals surface area contributed by atoms with Crippen molar-refractivity contribution in [1.29, 1.82) is 0 Å². The Balaban J connectivity index is 1.39. The Labute approximate surface area is 147 Å². The van der Waals surface area contributed by atoms with Crippen LogP contribution in [0, 0.1) is 5.92 Å². The number of nitrogens with zero attached hydrogens (tertiary/aromatic N) is 3. The summed E-state index contributed by atoms with van der Waals surface area (Å²) >= 11 is 0. The van der Waals surface area contributed by atoms with Crippen molar-refractivity contribution < 1.29 is 4.74 Å². The van der Waals surface area contributed by atoms with E-state index in [1.165, 1.54) is 19.4 Å². The van der Waals surface area contributed by atoms with E-state index in [1.807, 2.05) is 7.05 Å². The minimum Gasteiger partial charge on any atom is -0.373 e. The Morgan fingerprint density at radius 1 is 1.29 bits per heavy atom. The second-order valence-electron chi connectivity index (χ2n) is 8.30. The van der Waals surface area contributed by atoms with Gasteiger partial charge in [0.15, 0.2) is 5.96 Å². The molecule has 0 radical (unpaired) electrons. The molecule has 0 bridgehead atoms. The van der Waals surface area contributed by atoms with Crippen LogP contribution < -0.4 is 10.6 Å². The topological polar surface area (TPSA) is 52.1 Å². The van der Waals surface area contributed by atoms with Crippen molar-refractivity contribution in [2.24, 2.45) is 10.9 Å². The van der Waals surface area contributed by atoms with Crippen LogP contribution in [0.4, 0.5) is 0 Å². The number of rotatable bonds is 5. The molecule has 0 aromatic rings. The highest BCUT2D eigenvalue weighted by Crippen LogP contribution is 2.31. The number of morpholine rings is 1. The predicted molar refractivity (Wildman–Crippen MR) is 98.5 cm³/mol. The molecular formula is C18H35N5O. The zero-order valence-electron chi connectivity index (χ0n) is 15.8. The van der Waals surface area contributed by atoms with Crippen LogP contribution in [0.5, 0.6) is 0 Å². The summed E-state index contributed by atoms with van der Waals surface area (Å²) in [5.41, 5.74) is -0.0241. The molecule has 0 aromatic heterocycles. The molecular weight excluding hydrogens is 302 g/mol. The van der Waals surface area contributed by atoms with Crippen molar-refractivity contribution in [3.63, 3.8) is 0 Å². The predicted octanol–water partition coefficient (Wildman–Crippen LogP) is 0.745. The second-order valence-corrected chi connectivity index (χ2v) is 8.30. The molecule has 138 valence electrons. The maximum absolute atomic E-state index is 5.78. The Morgan fingerprint density at radius 3 is 2.75 bits per heavy atom. The van der Waals surface area contributed by atoms with Crippen molar-refractivity contribution >= 4 is 5.96 Å². The molecule has 1 aliphatic carbocycles. The van der Waals surface area contributed by atoms with Crippen LogP contribution in [0.15, 0.2) is 4.99 Å². The molecule has 6 heteroatoms. The molecule has 3 rings (SSSR count). The van der Waals surface area contributed by atoms with Gasteiger partial charge in [-0.15, -0.1) is 0 Å². The van der Waals surface area contributed by atoms with Gasteiger partial charge in [0.05, 0.1) is 12.2 Å². The van der Waals surface area contributed by atoms with Gasteiger partial charge < -0.3 is 15.4 Å². The number of ether oxygens (including phenoxy) is 1. The van der Waals surface area contributed by atoms with Gasteiger partial charge in [-0.25, -0.2) is 0 Å². The van der Waals surface area contributed by atoms with E-state index in [2.05, 4.69) is 46.2 Å². The first-order valence-corrected chi connectivity index (χ1v) is 9.54. The van der Waals surface area contributed by atoms with Gasteiger partial charge in [0.2, 0.25) is 0 Å². The van der Waals surface area contributed by atoms with E-state index in [9.17, 15) is 0 Å². The van der Waals surface area contributed by atoms with E-state index in [4.69, 9.17) is 4.74 Å². The summed E-state index contributed by atoms with van der Waals surface area (Å²) in [6.07, 6.45) is 2.78. The number of likely N-dealkylation sites (tertiary alicyclic amines) is 1. The first-order valence-electron chi connectivity index (χ1n) is 9.54. The summed E-state index contributed by atoms with van der Waals surface area (Å²) < 4.78 is 5.78. The van der Waals surface area contributed by atoms with Crippen molar-refractivity contribution in [1.82, 2.24) is 20.4 Å². The third-order valence-corrected chi connectivity index (χ3v) is 5.47. The van der Waals surface area contributed by atoms with Crippen molar-refractivity contribution in [2.75, 3.05) is 52.9 Å². The molecule has 2 atom stereocenters. The Kier molecular flexibility index (Phi) is 5.67. The molecule has 2 aliphatic heterocycles. The number of guanidine groups is 1. The van der Waals surface area contributed by atoms with Gasteiger partial charge in [-0.05, 0) is 32.6 Å². The van der Waals surface area contributed by atoms with Crippen LogP contribution in [-0.2, 0) is 4.74 Å². The van der Waals surface area contributed by atoms with Crippen molar-refractivity contribution in [3.8, 4) is 0 Å². The smallest absolute Gasteiger partial charge is 0.191 e. The van der Waals surface area contributed by atoms with E-state index in [-0.39, 0.29) is 5.60 Å². The third-order valence-electron chi connectivity index (χ3n) is 5.47. The van der Waals surface area contributed by atoms with Gasteiger partial charge in [0.25, 0.3) is 0 Å². The van der Waals surface area contributed by atoms with Crippen LogP contribution in [0.2, 0.25) is 0 Å². The minimum atomic E-state index is -0.0241. The molecule has 2 unspecified atom stereocenters. The molecule has 2 saturated heterocycles. The fourth-order valence-electron chi connectivity index (χ4n) is 3.94. The lowest BCUT2D eigenvalue weighted by atomic mass is 10.1. The zero-order valence-corrected chi connectivity index (χ0v) is 15.8. The normalized spacial score (nSPS) is 32.1. The average Bonchev–Trinajstić information content (AvgIpc) is 3.30. The lowest BCUT2D eigenvalue weighted by Crippen LogP contribution is -2.52. The molecule has 1 saturated carbocycles. The number of aliphatic imine (C=N–C) groups is 1. The van der Waals surface area contributed by atoms with Gasteiger partial charge in [-0.2, -0.15) is 0 Å². The molecule has 0 amide bonds. The van der Waals surface area contributed by atoms with Gasteiger partial charge in [-0.3, -0.25) is 14.8 Å². The molecule has 3 fully saturated rings. The quantitative estimate of drug-likeness (QED) is 0.573. The summed E-state index contributed by atoms with van der Waals surface area (Å²) in [7, 11) is 1.87. The van der Waals surface area contributed by atoms with Crippen molar-refractivity contribution in [2.45, 2.75) is 51.3 Å². The summed E-state index contributed by atoms with van der Waals surface area (Å²) in [6.45, 7) is 13.9. The van der Waals surface area contributed by atoms with E-state index in [0.29, 0.717) is 12.0 Å². The zero-order chi connectivity index (χ0) is 17.2. The Hall–Kier alpha value is -0.850. The van der Waals surface area contributed by atoms with Crippen LogP contribution >= 0.6 is 0 Å². The fourth-order valence-corrected chi connectivity index (χ4v) is 3.94. The summed E-state index contributed by atoms with van der Waals surface area (Å²) in [5, 5.41) is 7.13. The molecule has 6 nitrogen and oxygen atoms in total. The first-order chi connectivity index (χ1) is 11.5. The van der Waals surface area contributed by atoms with Crippen LogP contribution in [0.25, 0.3) is 0 Å². The fraction of sp³-hybridized carbons (Fsp3) is 0.944.